The Hall–Kier alpha value is -1.66. The van der Waals surface area contributed by atoms with Gasteiger partial charge in [0.2, 0.25) is 0 Å². The first-order valence-electron chi connectivity index (χ1n) is 5.24. The summed E-state index contributed by atoms with van der Waals surface area (Å²) in [6.07, 6.45) is 1.52. The van der Waals surface area contributed by atoms with Crippen molar-refractivity contribution in [2.75, 3.05) is 19.1 Å². The average molecular weight is 238 g/mol. The number of aromatic nitrogens is 1. The molecule has 4 N–H and O–H groups in total. The van der Waals surface area contributed by atoms with Gasteiger partial charge < -0.3 is 15.5 Å². The van der Waals surface area contributed by atoms with Crippen LogP contribution in [0.1, 0.15) is 24.3 Å². The van der Waals surface area contributed by atoms with Crippen molar-refractivity contribution in [2.24, 2.45) is 5.84 Å². The van der Waals surface area contributed by atoms with Gasteiger partial charge >= 0.3 is 0 Å². The van der Waals surface area contributed by atoms with Gasteiger partial charge in [0.1, 0.15) is 5.69 Å². The SMILES string of the molecule is COC(C)(C)CNC(=O)c1cc(NN)ccn1. The van der Waals surface area contributed by atoms with E-state index in [0.717, 1.165) is 0 Å². The molecule has 1 amide bonds. The molecule has 0 aliphatic heterocycles. The van der Waals surface area contributed by atoms with E-state index in [1.165, 1.54) is 6.20 Å². The van der Waals surface area contributed by atoms with E-state index >= 15 is 0 Å². The molecule has 0 spiro atoms. The number of carbonyl (C=O) groups is 1. The Labute approximate surface area is 101 Å². The molecule has 6 nitrogen and oxygen atoms in total. The van der Waals surface area contributed by atoms with E-state index in [2.05, 4.69) is 15.7 Å². The minimum atomic E-state index is -0.403. The maximum atomic E-state index is 11.8. The van der Waals surface area contributed by atoms with Crippen molar-refractivity contribution < 1.29 is 9.53 Å². The number of hydrazine groups is 1. The van der Waals surface area contributed by atoms with Gasteiger partial charge in [-0.3, -0.25) is 15.6 Å². The van der Waals surface area contributed by atoms with Gasteiger partial charge in [0.15, 0.2) is 0 Å². The molecule has 0 unspecified atom stereocenters. The number of hydrogen-bond donors (Lipinski definition) is 3. The average Bonchev–Trinajstić information content (AvgIpc) is 2.36. The number of carbonyl (C=O) groups excluding carboxylic acids is 1. The molecule has 0 saturated carbocycles. The second-order valence-electron chi connectivity index (χ2n) is 4.22. The van der Waals surface area contributed by atoms with Crippen molar-refractivity contribution in [3.63, 3.8) is 0 Å². The number of hydrogen-bond acceptors (Lipinski definition) is 5. The number of amides is 1. The fraction of sp³-hybridized carbons (Fsp3) is 0.455. The minimum absolute atomic E-state index is 0.257. The standard InChI is InChI=1S/C11H18N4O2/c1-11(2,17-3)7-14-10(16)9-6-8(15-12)4-5-13-9/h4-6H,7,12H2,1-3H3,(H,13,15)(H,14,16). The highest BCUT2D eigenvalue weighted by atomic mass is 16.5. The lowest BCUT2D eigenvalue weighted by Crippen LogP contribution is -2.40. The topological polar surface area (TPSA) is 89.3 Å². The summed E-state index contributed by atoms with van der Waals surface area (Å²) in [4.78, 5) is 15.7. The normalized spacial score (nSPS) is 11.1. The molecule has 0 aliphatic rings. The van der Waals surface area contributed by atoms with E-state index in [-0.39, 0.29) is 5.91 Å². The molecule has 1 aromatic heterocycles. The number of pyridine rings is 1. The summed E-state index contributed by atoms with van der Waals surface area (Å²) in [5, 5.41) is 2.75. The Morgan fingerprint density at radius 2 is 2.29 bits per heavy atom. The molecule has 94 valence electrons. The van der Waals surface area contributed by atoms with E-state index in [4.69, 9.17) is 10.6 Å². The number of methoxy groups -OCH3 is 1. The van der Waals surface area contributed by atoms with Gasteiger partial charge in [0, 0.05) is 19.9 Å². The fourth-order valence-corrected chi connectivity index (χ4v) is 1.10. The zero-order chi connectivity index (χ0) is 12.9. The Morgan fingerprint density at radius 1 is 1.59 bits per heavy atom. The van der Waals surface area contributed by atoms with Crippen LogP contribution in [0.5, 0.6) is 0 Å². The van der Waals surface area contributed by atoms with Gasteiger partial charge in [0.25, 0.3) is 5.91 Å². The maximum absolute atomic E-state index is 11.8. The highest BCUT2D eigenvalue weighted by Crippen LogP contribution is 2.08. The second-order valence-corrected chi connectivity index (χ2v) is 4.22. The number of ether oxygens (including phenoxy) is 1. The van der Waals surface area contributed by atoms with Crippen LogP contribution in [-0.2, 0) is 4.74 Å². The van der Waals surface area contributed by atoms with E-state index < -0.39 is 5.60 Å². The summed E-state index contributed by atoms with van der Waals surface area (Å²) < 4.78 is 5.20. The lowest BCUT2D eigenvalue weighted by Gasteiger charge is -2.22. The van der Waals surface area contributed by atoms with Crippen LogP contribution in [-0.4, -0.2) is 30.1 Å². The van der Waals surface area contributed by atoms with Gasteiger partial charge in [0.05, 0.1) is 11.3 Å². The summed E-state index contributed by atoms with van der Waals surface area (Å²) in [6.45, 7) is 4.18. The molecule has 0 fully saturated rings. The molecule has 0 radical (unpaired) electrons. The Morgan fingerprint density at radius 3 is 2.88 bits per heavy atom. The van der Waals surface area contributed by atoms with E-state index in [1.54, 1.807) is 19.2 Å². The number of nitrogens with two attached hydrogens (primary N) is 1. The molecule has 0 saturated heterocycles. The van der Waals surface area contributed by atoms with Crippen LogP contribution in [0.2, 0.25) is 0 Å². The quantitative estimate of drug-likeness (QED) is 0.514. The van der Waals surface area contributed by atoms with Crippen LogP contribution < -0.4 is 16.6 Å². The third-order valence-electron chi connectivity index (χ3n) is 2.39. The molecule has 1 rings (SSSR count). The summed E-state index contributed by atoms with van der Waals surface area (Å²) >= 11 is 0. The smallest absolute Gasteiger partial charge is 0.270 e. The first-order chi connectivity index (χ1) is 7.98. The lowest BCUT2D eigenvalue weighted by molar-refractivity contribution is 0.0228. The molecule has 0 aliphatic carbocycles. The monoisotopic (exact) mass is 238 g/mol. The minimum Gasteiger partial charge on any atom is -0.377 e. The fourth-order valence-electron chi connectivity index (χ4n) is 1.10. The predicted molar refractivity (Wildman–Crippen MR) is 65.5 cm³/mol. The third kappa shape index (κ3) is 4.01. The van der Waals surface area contributed by atoms with Crippen LogP contribution in [0, 0.1) is 0 Å². The van der Waals surface area contributed by atoms with Crippen molar-refractivity contribution in [1.29, 1.82) is 0 Å². The first-order valence-corrected chi connectivity index (χ1v) is 5.24. The van der Waals surface area contributed by atoms with E-state index in [9.17, 15) is 4.79 Å². The molecule has 6 heteroatoms. The molecular weight excluding hydrogens is 220 g/mol. The summed E-state index contributed by atoms with van der Waals surface area (Å²) in [5.74, 6) is 5.00. The number of nitrogens with zero attached hydrogens (tertiary/aromatic N) is 1. The molecule has 0 aromatic carbocycles. The molecule has 0 bridgehead atoms. The van der Waals surface area contributed by atoms with Crippen LogP contribution in [0.3, 0.4) is 0 Å². The predicted octanol–water partition coefficient (Wildman–Crippen LogP) is 0.522. The highest BCUT2D eigenvalue weighted by Gasteiger charge is 2.18. The van der Waals surface area contributed by atoms with E-state index in [0.29, 0.717) is 17.9 Å². The van der Waals surface area contributed by atoms with Crippen molar-refractivity contribution in [3.8, 4) is 0 Å². The molecule has 1 heterocycles. The molecule has 17 heavy (non-hydrogen) atoms. The summed E-state index contributed by atoms with van der Waals surface area (Å²) in [7, 11) is 1.60. The highest BCUT2D eigenvalue weighted by molar-refractivity contribution is 5.93. The van der Waals surface area contributed by atoms with Crippen molar-refractivity contribution in [1.82, 2.24) is 10.3 Å². The number of anilines is 1. The Kier molecular flexibility index (Phi) is 4.42. The van der Waals surface area contributed by atoms with E-state index in [1.807, 2.05) is 13.8 Å². The van der Waals surface area contributed by atoms with Crippen LogP contribution in [0.4, 0.5) is 5.69 Å². The van der Waals surface area contributed by atoms with Crippen molar-refractivity contribution >= 4 is 11.6 Å². The van der Waals surface area contributed by atoms with Gasteiger partial charge in [-0.15, -0.1) is 0 Å². The molecular formula is C11H18N4O2. The summed E-state index contributed by atoms with van der Waals surface area (Å²) in [5.41, 5.74) is 3.01. The second kappa shape index (κ2) is 5.60. The zero-order valence-corrected chi connectivity index (χ0v) is 10.3. The zero-order valence-electron chi connectivity index (χ0n) is 10.3. The molecule has 0 atom stereocenters. The van der Waals surface area contributed by atoms with Gasteiger partial charge in [-0.25, -0.2) is 0 Å². The number of rotatable bonds is 5. The largest absolute Gasteiger partial charge is 0.377 e. The Bertz CT molecular complexity index is 393. The summed E-state index contributed by atoms with van der Waals surface area (Å²) in [6, 6.07) is 3.25. The van der Waals surface area contributed by atoms with Crippen LogP contribution >= 0.6 is 0 Å². The first kappa shape index (κ1) is 13.4. The molecule has 1 aromatic rings. The van der Waals surface area contributed by atoms with Gasteiger partial charge in [-0.2, -0.15) is 0 Å². The Balaban J connectivity index is 2.64. The van der Waals surface area contributed by atoms with Crippen LogP contribution in [0.25, 0.3) is 0 Å². The van der Waals surface area contributed by atoms with Crippen LogP contribution in [0.15, 0.2) is 18.3 Å². The lowest BCUT2D eigenvalue weighted by atomic mass is 10.1. The van der Waals surface area contributed by atoms with Gasteiger partial charge in [-0.05, 0) is 26.0 Å². The van der Waals surface area contributed by atoms with Crippen molar-refractivity contribution in [2.45, 2.75) is 19.4 Å². The number of nitrogen functional groups attached to an aromatic ring is 1. The van der Waals surface area contributed by atoms with Crippen molar-refractivity contribution in [3.05, 3.63) is 24.0 Å². The maximum Gasteiger partial charge on any atom is 0.270 e. The number of nitrogens with one attached hydrogen (secondary N) is 2. The third-order valence-corrected chi connectivity index (χ3v) is 2.39. The van der Waals surface area contributed by atoms with Gasteiger partial charge in [-0.1, -0.05) is 0 Å².